The van der Waals surface area contributed by atoms with Crippen molar-refractivity contribution in [1.29, 1.82) is 0 Å². The third kappa shape index (κ3) is 2.16. The first-order valence-electron chi connectivity index (χ1n) is 6.71. The molecule has 1 unspecified atom stereocenters. The number of hydrogen-bond acceptors (Lipinski definition) is 1. The van der Waals surface area contributed by atoms with Crippen LogP contribution in [0.1, 0.15) is 50.5 Å². The monoisotopic (exact) mass is 245 g/mol. The topological polar surface area (TPSA) is 20.3 Å². The lowest BCUT2D eigenvalue weighted by molar-refractivity contribution is 0.0416. The molecule has 2 rings (SSSR count). The molecule has 0 saturated carbocycles. The second-order valence-corrected chi connectivity index (χ2v) is 6.65. The van der Waals surface area contributed by atoms with Crippen molar-refractivity contribution < 1.29 is 4.79 Å². The Morgan fingerprint density at radius 1 is 1.17 bits per heavy atom. The van der Waals surface area contributed by atoms with Crippen LogP contribution in [0.4, 0.5) is 0 Å². The fraction of sp³-hybridized carbons (Fsp3) is 0.562. The lowest BCUT2D eigenvalue weighted by Crippen LogP contribution is -2.47. The first kappa shape index (κ1) is 13.1. The minimum Gasteiger partial charge on any atom is -0.331 e. The van der Waals surface area contributed by atoms with Crippen LogP contribution in [0.25, 0.3) is 0 Å². The van der Waals surface area contributed by atoms with Crippen LogP contribution in [0.5, 0.6) is 0 Å². The van der Waals surface area contributed by atoms with E-state index in [0.717, 1.165) is 17.7 Å². The van der Waals surface area contributed by atoms with Gasteiger partial charge >= 0.3 is 0 Å². The van der Waals surface area contributed by atoms with Crippen molar-refractivity contribution in [3.05, 3.63) is 35.4 Å². The summed E-state index contributed by atoms with van der Waals surface area (Å²) in [5.41, 5.74) is 2.15. The van der Waals surface area contributed by atoms with E-state index in [1.807, 2.05) is 18.2 Å². The van der Waals surface area contributed by atoms with E-state index < -0.39 is 0 Å². The predicted molar refractivity (Wildman–Crippen MR) is 74.4 cm³/mol. The summed E-state index contributed by atoms with van der Waals surface area (Å²) in [6, 6.07) is 8.24. The van der Waals surface area contributed by atoms with Gasteiger partial charge in [-0.1, -0.05) is 52.8 Å². The van der Waals surface area contributed by atoms with E-state index in [2.05, 4.69) is 45.6 Å². The number of fused-ring (bicyclic) bond motifs is 1. The van der Waals surface area contributed by atoms with Gasteiger partial charge in [-0.3, -0.25) is 4.79 Å². The lowest BCUT2D eigenvalue weighted by atomic mass is 9.79. The van der Waals surface area contributed by atoms with E-state index in [0.29, 0.717) is 5.92 Å². The molecule has 1 aliphatic heterocycles. The molecular weight excluding hydrogens is 222 g/mol. The summed E-state index contributed by atoms with van der Waals surface area (Å²) >= 11 is 0. The number of carbonyl (C=O) groups is 1. The molecule has 2 heteroatoms. The molecule has 1 aromatic rings. The predicted octanol–water partition coefficient (Wildman–Crippen LogP) is 3.71. The smallest absolute Gasteiger partial charge is 0.254 e. The zero-order valence-electron chi connectivity index (χ0n) is 12.0. The fourth-order valence-electron chi connectivity index (χ4n) is 3.33. The van der Waals surface area contributed by atoms with Gasteiger partial charge in [0.2, 0.25) is 0 Å². The quantitative estimate of drug-likeness (QED) is 0.777. The highest BCUT2D eigenvalue weighted by atomic mass is 16.2. The lowest BCUT2D eigenvalue weighted by Gasteiger charge is -2.40. The summed E-state index contributed by atoms with van der Waals surface area (Å²) in [5, 5.41) is 0. The van der Waals surface area contributed by atoms with Gasteiger partial charge in [-0.2, -0.15) is 0 Å². The van der Waals surface area contributed by atoms with Crippen LogP contribution in [0.15, 0.2) is 24.3 Å². The molecule has 0 N–H and O–H groups in total. The van der Waals surface area contributed by atoms with Crippen molar-refractivity contribution >= 4 is 5.91 Å². The Hall–Kier alpha value is -1.31. The Morgan fingerprint density at radius 3 is 2.28 bits per heavy atom. The third-order valence-electron chi connectivity index (χ3n) is 3.70. The highest BCUT2D eigenvalue weighted by Crippen LogP contribution is 2.35. The Labute approximate surface area is 110 Å². The van der Waals surface area contributed by atoms with Crippen LogP contribution in [0, 0.1) is 11.3 Å². The first-order valence-corrected chi connectivity index (χ1v) is 6.71. The molecule has 2 nitrogen and oxygen atoms in total. The summed E-state index contributed by atoms with van der Waals surface area (Å²) in [4.78, 5) is 14.6. The van der Waals surface area contributed by atoms with Crippen LogP contribution in [0.3, 0.4) is 0 Å². The van der Waals surface area contributed by atoms with Crippen LogP contribution >= 0.6 is 0 Å². The van der Waals surface area contributed by atoms with E-state index >= 15 is 0 Å². The zero-order chi connectivity index (χ0) is 13.5. The molecule has 0 aliphatic carbocycles. The van der Waals surface area contributed by atoms with E-state index in [1.165, 1.54) is 0 Å². The van der Waals surface area contributed by atoms with Crippen LogP contribution in [-0.2, 0) is 6.54 Å². The minimum absolute atomic E-state index is 0.103. The van der Waals surface area contributed by atoms with Crippen molar-refractivity contribution in [3.63, 3.8) is 0 Å². The van der Waals surface area contributed by atoms with Gasteiger partial charge in [0.25, 0.3) is 5.91 Å². The average molecular weight is 245 g/mol. The maximum atomic E-state index is 12.5. The van der Waals surface area contributed by atoms with Gasteiger partial charge in [0, 0.05) is 18.2 Å². The van der Waals surface area contributed by atoms with Crippen LogP contribution in [0.2, 0.25) is 0 Å². The number of nitrogens with zero attached hydrogens (tertiary/aromatic N) is 1. The molecule has 0 aromatic heterocycles. The molecule has 0 saturated heterocycles. The van der Waals surface area contributed by atoms with Crippen molar-refractivity contribution in [1.82, 2.24) is 4.90 Å². The molecule has 1 aromatic carbocycles. The second kappa shape index (κ2) is 4.42. The van der Waals surface area contributed by atoms with Crippen LogP contribution < -0.4 is 0 Å². The summed E-state index contributed by atoms with van der Waals surface area (Å²) < 4.78 is 0. The summed E-state index contributed by atoms with van der Waals surface area (Å²) in [7, 11) is 0. The van der Waals surface area contributed by atoms with Crippen molar-refractivity contribution in [2.45, 2.75) is 47.2 Å². The summed E-state index contributed by atoms with van der Waals surface area (Å²) in [6.07, 6.45) is 0. The van der Waals surface area contributed by atoms with Gasteiger partial charge in [0.05, 0.1) is 0 Å². The number of benzene rings is 1. The van der Waals surface area contributed by atoms with E-state index in [9.17, 15) is 4.79 Å². The maximum absolute atomic E-state index is 12.5. The molecule has 1 aliphatic rings. The van der Waals surface area contributed by atoms with Crippen molar-refractivity contribution in [2.24, 2.45) is 11.3 Å². The molecule has 0 radical (unpaired) electrons. The standard InChI is InChI=1S/C16H23NO/c1-11(2)14(16(3,4)5)17-10-12-8-6-7-9-13(12)15(17)18/h6-9,11,14H,10H2,1-5H3. The molecular formula is C16H23NO. The Balaban J connectivity index is 2.35. The van der Waals surface area contributed by atoms with Crippen molar-refractivity contribution in [3.8, 4) is 0 Å². The third-order valence-corrected chi connectivity index (χ3v) is 3.70. The minimum atomic E-state index is 0.103. The Kier molecular flexibility index (Phi) is 3.22. The van der Waals surface area contributed by atoms with Gasteiger partial charge in [-0.05, 0) is 23.0 Å². The number of amides is 1. The zero-order valence-corrected chi connectivity index (χ0v) is 12.0. The van der Waals surface area contributed by atoms with Crippen molar-refractivity contribution in [2.75, 3.05) is 0 Å². The maximum Gasteiger partial charge on any atom is 0.254 e. The highest BCUT2D eigenvalue weighted by Gasteiger charge is 2.39. The average Bonchev–Trinajstić information content (AvgIpc) is 2.55. The van der Waals surface area contributed by atoms with Gasteiger partial charge in [-0.25, -0.2) is 0 Å². The van der Waals surface area contributed by atoms with E-state index in [-0.39, 0.29) is 17.4 Å². The normalized spacial score (nSPS) is 17.2. The SMILES string of the molecule is CC(C)C(N1Cc2ccccc2C1=O)C(C)(C)C. The first-order chi connectivity index (χ1) is 8.32. The molecule has 18 heavy (non-hydrogen) atoms. The molecule has 0 spiro atoms. The van der Waals surface area contributed by atoms with Gasteiger partial charge in [0.1, 0.15) is 0 Å². The highest BCUT2D eigenvalue weighted by molar-refractivity contribution is 5.98. The largest absolute Gasteiger partial charge is 0.331 e. The number of hydrogen-bond donors (Lipinski definition) is 0. The molecule has 98 valence electrons. The second-order valence-electron chi connectivity index (χ2n) is 6.65. The van der Waals surface area contributed by atoms with Crippen LogP contribution in [-0.4, -0.2) is 16.8 Å². The summed E-state index contributed by atoms with van der Waals surface area (Å²) in [5.74, 6) is 0.655. The molecule has 1 heterocycles. The molecule has 0 bridgehead atoms. The Morgan fingerprint density at radius 2 is 1.78 bits per heavy atom. The molecule has 0 fully saturated rings. The summed E-state index contributed by atoms with van der Waals surface area (Å²) in [6.45, 7) is 11.8. The van der Waals surface area contributed by atoms with E-state index in [4.69, 9.17) is 0 Å². The molecule has 1 atom stereocenters. The fourth-order valence-corrected chi connectivity index (χ4v) is 3.33. The number of rotatable bonds is 2. The molecule has 1 amide bonds. The number of carbonyl (C=O) groups excluding carboxylic acids is 1. The van der Waals surface area contributed by atoms with Gasteiger partial charge in [0.15, 0.2) is 0 Å². The van der Waals surface area contributed by atoms with Gasteiger partial charge in [-0.15, -0.1) is 0 Å². The Bertz CT molecular complexity index is 456. The van der Waals surface area contributed by atoms with E-state index in [1.54, 1.807) is 0 Å². The van der Waals surface area contributed by atoms with Gasteiger partial charge < -0.3 is 4.90 Å².